The fourth-order valence-corrected chi connectivity index (χ4v) is 1.98. The van der Waals surface area contributed by atoms with Gasteiger partial charge in [-0.15, -0.1) is 0 Å². The first-order chi connectivity index (χ1) is 8.84. The second-order valence-electron chi connectivity index (χ2n) is 4.50. The molecule has 1 saturated carbocycles. The Bertz CT molecular complexity index is 518. The van der Waals surface area contributed by atoms with Crippen molar-refractivity contribution in [1.29, 1.82) is 0 Å². The zero-order valence-electron chi connectivity index (χ0n) is 9.95. The second-order valence-corrected chi connectivity index (χ2v) is 4.50. The van der Waals surface area contributed by atoms with Crippen molar-refractivity contribution in [3.63, 3.8) is 0 Å². The van der Waals surface area contributed by atoms with Crippen LogP contribution in [-0.4, -0.2) is 21.8 Å². The first kappa shape index (κ1) is 11.0. The van der Waals surface area contributed by atoms with E-state index < -0.39 is 0 Å². The Morgan fingerprint density at radius 1 is 1.33 bits per heavy atom. The fourth-order valence-electron chi connectivity index (χ4n) is 1.98. The number of hydrogen-bond acceptors (Lipinski definition) is 3. The number of pyridine rings is 1. The van der Waals surface area contributed by atoms with Crippen LogP contribution in [0.15, 0.2) is 47.3 Å². The minimum absolute atomic E-state index is 0.0284. The molecule has 0 aromatic carbocycles. The molecule has 0 unspecified atom stereocenters. The molecule has 2 aromatic rings. The number of carbonyl (C=O) groups is 1. The Kier molecular flexibility index (Phi) is 2.84. The highest BCUT2D eigenvalue weighted by Gasteiger charge is 2.33. The maximum absolute atomic E-state index is 12.3. The van der Waals surface area contributed by atoms with Crippen molar-refractivity contribution in [2.45, 2.75) is 25.4 Å². The Hall–Kier alpha value is -2.10. The number of furan rings is 1. The van der Waals surface area contributed by atoms with Crippen molar-refractivity contribution < 1.29 is 9.21 Å². The Labute approximate surface area is 105 Å². The molecule has 92 valence electrons. The van der Waals surface area contributed by atoms with Gasteiger partial charge in [0.15, 0.2) is 5.76 Å². The van der Waals surface area contributed by atoms with Gasteiger partial charge in [0.25, 0.3) is 5.91 Å². The van der Waals surface area contributed by atoms with E-state index in [2.05, 4.69) is 4.98 Å². The van der Waals surface area contributed by atoms with Crippen LogP contribution in [0.2, 0.25) is 0 Å². The lowest BCUT2D eigenvalue weighted by molar-refractivity contribution is 0.0697. The molecule has 2 heterocycles. The lowest BCUT2D eigenvalue weighted by Gasteiger charge is -2.21. The van der Waals surface area contributed by atoms with Gasteiger partial charge in [-0.1, -0.05) is 0 Å². The number of nitrogens with zero attached hydrogens (tertiary/aromatic N) is 2. The number of carbonyl (C=O) groups excluding carboxylic acids is 1. The Balaban J connectivity index is 1.79. The molecular weight excluding hydrogens is 228 g/mol. The molecule has 1 amide bonds. The van der Waals surface area contributed by atoms with Gasteiger partial charge in [-0.05, 0) is 42.7 Å². The van der Waals surface area contributed by atoms with Crippen LogP contribution in [0, 0.1) is 0 Å². The van der Waals surface area contributed by atoms with Crippen LogP contribution < -0.4 is 0 Å². The SMILES string of the molecule is O=C(c1ccco1)N(Cc1ccncc1)C1CC1. The Morgan fingerprint density at radius 3 is 2.72 bits per heavy atom. The lowest BCUT2D eigenvalue weighted by atomic mass is 10.2. The van der Waals surface area contributed by atoms with Crippen molar-refractivity contribution in [3.8, 4) is 0 Å². The number of amides is 1. The van der Waals surface area contributed by atoms with Gasteiger partial charge >= 0.3 is 0 Å². The van der Waals surface area contributed by atoms with E-state index >= 15 is 0 Å². The molecule has 0 N–H and O–H groups in total. The summed E-state index contributed by atoms with van der Waals surface area (Å²) in [6, 6.07) is 7.68. The number of hydrogen-bond donors (Lipinski definition) is 0. The van der Waals surface area contributed by atoms with E-state index in [0.717, 1.165) is 18.4 Å². The van der Waals surface area contributed by atoms with E-state index in [1.165, 1.54) is 6.26 Å². The fraction of sp³-hybridized carbons (Fsp3) is 0.286. The molecule has 1 aliphatic rings. The van der Waals surface area contributed by atoms with Crippen LogP contribution in [0.4, 0.5) is 0 Å². The average molecular weight is 242 g/mol. The molecule has 3 rings (SSSR count). The van der Waals surface area contributed by atoms with Crippen LogP contribution in [-0.2, 0) is 6.54 Å². The molecule has 2 aromatic heterocycles. The highest BCUT2D eigenvalue weighted by Crippen LogP contribution is 2.29. The molecule has 0 spiro atoms. The summed E-state index contributed by atoms with van der Waals surface area (Å²) in [5.74, 6) is 0.385. The van der Waals surface area contributed by atoms with E-state index in [0.29, 0.717) is 18.3 Å². The highest BCUT2D eigenvalue weighted by atomic mass is 16.3. The Morgan fingerprint density at radius 2 is 2.11 bits per heavy atom. The van der Waals surface area contributed by atoms with E-state index in [9.17, 15) is 4.79 Å². The third kappa shape index (κ3) is 2.27. The largest absolute Gasteiger partial charge is 0.459 e. The summed E-state index contributed by atoms with van der Waals surface area (Å²) in [4.78, 5) is 18.2. The molecule has 0 bridgehead atoms. The van der Waals surface area contributed by atoms with Crippen molar-refractivity contribution in [1.82, 2.24) is 9.88 Å². The van der Waals surface area contributed by atoms with E-state index in [1.807, 2.05) is 17.0 Å². The molecular formula is C14H14N2O2. The second kappa shape index (κ2) is 4.64. The third-order valence-electron chi connectivity index (χ3n) is 3.08. The van der Waals surface area contributed by atoms with E-state index in [4.69, 9.17) is 4.42 Å². The van der Waals surface area contributed by atoms with Crippen molar-refractivity contribution in [2.75, 3.05) is 0 Å². The first-order valence-electron chi connectivity index (χ1n) is 6.08. The van der Waals surface area contributed by atoms with E-state index in [-0.39, 0.29) is 5.91 Å². The van der Waals surface area contributed by atoms with Gasteiger partial charge in [-0.3, -0.25) is 9.78 Å². The molecule has 4 nitrogen and oxygen atoms in total. The quantitative estimate of drug-likeness (QED) is 0.827. The summed E-state index contributed by atoms with van der Waals surface area (Å²) in [6.45, 7) is 0.618. The van der Waals surface area contributed by atoms with Gasteiger partial charge in [0.05, 0.1) is 6.26 Å². The molecule has 0 radical (unpaired) electrons. The van der Waals surface area contributed by atoms with Gasteiger partial charge in [-0.2, -0.15) is 0 Å². The molecule has 18 heavy (non-hydrogen) atoms. The minimum atomic E-state index is -0.0284. The molecule has 0 atom stereocenters. The predicted octanol–water partition coefficient (Wildman–Crippen LogP) is 2.48. The molecule has 0 saturated heterocycles. The van der Waals surface area contributed by atoms with E-state index in [1.54, 1.807) is 24.5 Å². The topological polar surface area (TPSA) is 46.3 Å². The lowest BCUT2D eigenvalue weighted by Crippen LogP contribution is -2.32. The summed E-state index contributed by atoms with van der Waals surface area (Å²) in [5, 5.41) is 0. The number of aromatic nitrogens is 1. The van der Waals surface area contributed by atoms with Gasteiger partial charge in [0, 0.05) is 25.0 Å². The number of rotatable bonds is 4. The van der Waals surface area contributed by atoms with Crippen LogP contribution in [0.5, 0.6) is 0 Å². The van der Waals surface area contributed by atoms with Gasteiger partial charge in [0.2, 0.25) is 0 Å². The predicted molar refractivity (Wildman–Crippen MR) is 65.8 cm³/mol. The minimum Gasteiger partial charge on any atom is -0.459 e. The standard InChI is InChI=1S/C14H14N2O2/c17-14(13-2-1-9-18-13)16(12-3-4-12)10-11-5-7-15-8-6-11/h1-2,5-9,12H,3-4,10H2. The summed E-state index contributed by atoms with van der Waals surface area (Å²) in [6.07, 6.45) is 7.19. The highest BCUT2D eigenvalue weighted by molar-refractivity contribution is 5.91. The maximum Gasteiger partial charge on any atom is 0.290 e. The van der Waals surface area contributed by atoms with Crippen molar-refractivity contribution in [2.24, 2.45) is 0 Å². The molecule has 4 heteroatoms. The molecule has 1 fully saturated rings. The zero-order valence-corrected chi connectivity index (χ0v) is 9.95. The first-order valence-corrected chi connectivity index (χ1v) is 6.08. The summed E-state index contributed by atoms with van der Waals surface area (Å²) < 4.78 is 5.19. The van der Waals surface area contributed by atoms with Crippen LogP contribution in [0.25, 0.3) is 0 Å². The monoisotopic (exact) mass is 242 g/mol. The van der Waals surface area contributed by atoms with Crippen LogP contribution >= 0.6 is 0 Å². The zero-order chi connectivity index (χ0) is 12.4. The van der Waals surface area contributed by atoms with Gasteiger partial charge in [0.1, 0.15) is 0 Å². The van der Waals surface area contributed by atoms with Gasteiger partial charge in [-0.25, -0.2) is 0 Å². The summed E-state index contributed by atoms with van der Waals surface area (Å²) in [5.41, 5.74) is 1.09. The van der Waals surface area contributed by atoms with Crippen LogP contribution in [0.1, 0.15) is 29.0 Å². The van der Waals surface area contributed by atoms with Crippen molar-refractivity contribution in [3.05, 3.63) is 54.2 Å². The normalized spacial score (nSPS) is 14.4. The third-order valence-corrected chi connectivity index (χ3v) is 3.08. The average Bonchev–Trinajstić information content (AvgIpc) is 3.10. The summed E-state index contributed by atoms with van der Waals surface area (Å²) in [7, 11) is 0. The van der Waals surface area contributed by atoms with Crippen LogP contribution in [0.3, 0.4) is 0 Å². The molecule has 1 aliphatic carbocycles. The van der Waals surface area contributed by atoms with Crippen molar-refractivity contribution >= 4 is 5.91 Å². The molecule has 0 aliphatic heterocycles. The summed E-state index contributed by atoms with van der Waals surface area (Å²) >= 11 is 0. The van der Waals surface area contributed by atoms with Gasteiger partial charge < -0.3 is 9.32 Å². The maximum atomic E-state index is 12.3. The smallest absolute Gasteiger partial charge is 0.290 e.